The Bertz CT molecular complexity index is 1310. The maximum Gasteiger partial charge on any atom is 0.123 e. The zero-order chi connectivity index (χ0) is 25.8. The highest BCUT2D eigenvalue weighted by molar-refractivity contribution is 5.68. The molecular weight excluding hydrogens is 480 g/mol. The van der Waals surface area contributed by atoms with Crippen molar-refractivity contribution in [2.75, 3.05) is 13.1 Å². The molecule has 2 saturated carbocycles. The van der Waals surface area contributed by atoms with Crippen LogP contribution in [0.1, 0.15) is 135 Å². The van der Waals surface area contributed by atoms with Gasteiger partial charge in [0.05, 0.1) is 24.0 Å². The molecule has 2 aliphatic heterocycles. The fourth-order valence-corrected chi connectivity index (χ4v) is 8.99. The molecule has 4 N–H and O–H groups in total. The smallest absolute Gasteiger partial charge is 0.123 e. The van der Waals surface area contributed by atoms with E-state index in [-0.39, 0.29) is 0 Å². The number of hydrogen-bond acceptors (Lipinski definition) is 4. The molecule has 0 bridgehead atoms. The van der Waals surface area contributed by atoms with Crippen molar-refractivity contribution >= 4 is 0 Å². The second-order valence-corrected chi connectivity index (χ2v) is 13.5. The van der Waals surface area contributed by atoms with Crippen LogP contribution in [0.3, 0.4) is 0 Å². The van der Waals surface area contributed by atoms with E-state index in [0.717, 1.165) is 24.7 Å². The van der Waals surface area contributed by atoms with Crippen LogP contribution in [-0.4, -0.2) is 33.0 Å². The molecule has 8 rings (SSSR count). The Kier molecular flexibility index (Phi) is 6.17. The zero-order valence-electron chi connectivity index (χ0n) is 23.3. The lowest BCUT2D eigenvalue weighted by molar-refractivity contribution is 0.316. The number of rotatable bonds is 5. The molecule has 206 valence electrons. The maximum atomic E-state index is 4.84. The summed E-state index contributed by atoms with van der Waals surface area (Å²) in [6.45, 7) is 2.23. The summed E-state index contributed by atoms with van der Waals surface area (Å²) in [5.74, 6) is 3.60. The molecule has 4 heterocycles. The topological polar surface area (TPSA) is 81.4 Å². The van der Waals surface area contributed by atoms with E-state index < -0.39 is 0 Å². The van der Waals surface area contributed by atoms with Gasteiger partial charge in [-0.15, -0.1) is 0 Å². The van der Waals surface area contributed by atoms with Crippen molar-refractivity contribution in [3.8, 4) is 11.3 Å². The Morgan fingerprint density at radius 3 is 2.05 bits per heavy atom. The van der Waals surface area contributed by atoms with Gasteiger partial charge in [-0.2, -0.15) is 0 Å². The Balaban J connectivity index is 1.04. The summed E-state index contributed by atoms with van der Waals surface area (Å²) in [6, 6.07) is 5.78. The molecule has 39 heavy (non-hydrogen) atoms. The van der Waals surface area contributed by atoms with Gasteiger partial charge in [-0.1, -0.05) is 25.0 Å². The van der Waals surface area contributed by atoms with Gasteiger partial charge in [0, 0.05) is 23.4 Å². The molecule has 6 nitrogen and oxygen atoms in total. The van der Waals surface area contributed by atoms with E-state index in [9.17, 15) is 0 Å². The molecular formula is C33H44N6. The molecule has 3 aliphatic carbocycles. The van der Waals surface area contributed by atoms with Crippen molar-refractivity contribution in [3.05, 3.63) is 58.6 Å². The zero-order valence-corrected chi connectivity index (χ0v) is 23.3. The predicted molar refractivity (Wildman–Crippen MR) is 155 cm³/mol. The minimum atomic E-state index is 0.391. The number of nitrogens with one attached hydrogen (secondary N) is 4. The molecule has 0 amide bonds. The minimum Gasteiger partial charge on any atom is -0.344 e. The van der Waals surface area contributed by atoms with Crippen LogP contribution in [0.2, 0.25) is 0 Å². The van der Waals surface area contributed by atoms with Crippen molar-refractivity contribution in [1.82, 2.24) is 30.6 Å². The largest absolute Gasteiger partial charge is 0.344 e. The molecule has 6 heteroatoms. The lowest BCUT2D eigenvalue weighted by Gasteiger charge is -2.30. The number of hydrogen-bond donors (Lipinski definition) is 4. The van der Waals surface area contributed by atoms with Crippen LogP contribution in [0.25, 0.3) is 11.3 Å². The third kappa shape index (κ3) is 4.39. The second-order valence-electron chi connectivity index (χ2n) is 13.5. The van der Waals surface area contributed by atoms with Crippen molar-refractivity contribution in [3.63, 3.8) is 0 Å². The third-order valence-corrected chi connectivity index (χ3v) is 11.1. The molecule has 1 spiro atoms. The van der Waals surface area contributed by atoms with E-state index in [1.54, 1.807) is 16.7 Å². The van der Waals surface area contributed by atoms with Gasteiger partial charge in [-0.3, -0.25) is 0 Å². The van der Waals surface area contributed by atoms with E-state index in [4.69, 9.17) is 9.97 Å². The van der Waals surface area contributed by atoms with Crippen molar-refractivity contribution in [2.45, 2.75) is 114 Å². The van der Waals surface area contributed by atoms with Crippen LogP contribution in [0, 0.1) is 5.41 Å². The number of imidazole rings is 2. The van der Waals surface area contributed by atoms with E-state index in [2.05, 4.69) is 45.1 Å². The quantitative estimate of drug-likeness (QED) is 0.298. The van der Waals surface area contributed by atoms with Gasteiger partial charge in [0.25, 0.3) is 0 Å². The molecule has 1 aromatic carbocycles. The molecule has 0 unspecified atom stereocenters. The lowest BCUT2D eigenvalue weighted by atomic mass is 9.75. The number of aromatic amines is 2. The first-order valence-electron chi connectivity index (χ1n) is 16.0. The summed E-state index contributed by atoms with van der Waals surface area (Å²) in [4.78, 5) is 17.1. The maximum absolute atomic E-state index is 4.84. The number of nitrogens with zero attached hydrogens (tertiary/aromatic N) is 2. The van der Waals surface area contributed by atoms with Crippen LogP contribution in [0.4, 0.5) is 0 Å². The van der Waals surface area contributed by atoms with Gasteiger partial charge >= 0.3 is 0 Å². The van der Waals surface area contributed by atoms with Crippen molar-refractivity contribution in [1.29, 1.82) is 0 Å². The highest BCUT2D eigenvalue weighted by Gasteiger charge is 2.42. The molecule has 3 aromatic rings. The van der Waals surface area contributed by atoms with E-state index in [1.807, 2.05) is 0 Å². The monoisotopic (exact) mass is 524 g/mol. The highest BCUT2D eigenvalue weighted by Crippen LogP contribution is 2.53. The van der Waals surface area contributed by atoms with Crippen LogP contribution in [0.15, 0.2) is 24.5 Å². The molecule has 2 atom stereocenters. The fraction of sp³-hybridized carbons (Fsp3) is 0.636. The average molecular weight is 525 g/mol. The van der Waals surface area contributed by atoms with Crippen molar-refractivity contribution < 1.29 is 0 Å². The summed E-state index contributed by atoms with van der Waals surface area (Å²) < 4.78 is 0. The number of fused-ring (bicyclic) bond motifs is 1. The first kappa shape index (κ1) is 24.4. The number of benzene rings is 1. The molecule has 4 fully saturated rings. The Hall–Kier alpha value is -2.44. The van der Waals surface area contributed by atoms with Gasteiger partial charge in [0.1, 0.15) is 11.6 Å². The Morgan fingerprint density at radius 1 is 0.667 bits per heavy atom. The van der Waals surface area contributed by atoms with Crippen LogP contribution < -0.4 is 10.6 Å². The normalized spacial score (nSPS) is 29.9. The van der Waals surface area contributed by atoms with Gasteiger partial charge in [-0.05, 0) is 118 Å². The molecule has 5 aliphatic rings. The number of aromatic nitrogens is 4. The Morgan fingerprint density at radius 2 is 1.33 bits per heavy atom. The SMILES string of the molecule is c1nc([C@@H]2CCCN2)[nH]c1-c1ccc(C2CCC(c3cnc([C@@H]4CCCN4)[nH]3)CC2)c2c1CC1(CCCC1)C2. The first-order chi connectivity index (χ1) is 19.2. The van der Waals surface area contributed by atoms with Gasteiger partial charge in [-0.25, -0.2) is 9.97 Å². The van der Waals surface area contributed by atoms with Crippen LogP contribution in [-0.2, 0) is 12.8 Å². The van der Waals surface area contributed by atoms with E-state index in [0.29, 0.717) is 29.3 Å². The summed E-state index contributed by atoms with van der Waals surface area (Å²) in [6.07, 6.45) is 22.5. The molecule has 2 saturated heterocycles. The Labute approximate surface area is 232 Å². The molecule has 2 aromatic heterocycles. The third-order valence-electron chi connectivity index (χ3n) is 11.1. The van der Waals surface area contributed by atoms with Gasteiger partial charge < -0.3 is 20.6 Å². The fourth-order valence-electron chi connectivity index (χ4n) is 8.99. The summed E-state index contributed by atoms with van der Waals surface area (Å²) in [7, 11) is 0. The van der Waals surface area contributed by atoms with Crippen molar-refractivity contribution in [2.24, 2.45) is 5.41 Å². The van der Waals surface area contributed by atoms with E-state index >= 15 is 0 Å². The summed E-state index contributed by atoms with van der Waals surface area (Å²) in [5, 5.41) is 7.20. The van der Waals surface area contributed by atoms with E-state index in [1.165, 1.54) is 107 Å². The first-order valence-corrected chi connectivity index (χ1v) is 16.0. The van der Waals surface area contributed by atoms with Crippen LogP contribution >= 0.6 is 0 Å². The van der Waals surface area contributed by atoms with Gasteiger partial charge in [0.15, 0.2) is 0 Å². The molecule has 0 radical (unpaired) electrons. The van der Waals surface area contributed by atoms with Gasteiger partial charge in [0.2, 0.25) is 0 Å². The summed E-state index contributed by atoms with van der Waals surface area (Å²) in [5.41, 5.74) is 9.57. The highest BCUT2D eigenvalue weighted by atomic mass is 15.0. The lowest BCUT2D eigenvalue weighted by Crippen LogP contribution is -2.17. The van der Waals surface area contributed by atoms with Crippen LogP contribution in [0.5, 0.6) is 0 Å². The minimum absolute atomic E-state index is 0.391. The average Bonchev–Trinajstić information content (AvgIpc) is 3.81. The standard InChI is InChI=1S/C33H44N6/c1-2-14-33(13-1)17-25-23(11-12-24(26(25)18-33)30-20-37-32(39-30)28-6-4-16-35-28)21-7-9-22(10-8-21)29-19-36-31(38-29)27-5-3-15-34-27/h11-12,19-22,27-28,34-35H,1-10,13-18H2,(H,36,38)(H,37,39)/t21?,22?,27-,28-/m0/s1. The number of H-pyrrole nitrogens is 2. The predicted octanol–water partition coefficient (Wildman–Crippen LogP) is 6.75. The summed E-state index contributed by atoms with van der Waals surface area (Å²) >= 11 is 0. The second kappa shape index (κ2) is 9.88.